The van der Waals surface area contributed by atoms with Crippen molar-refractivity contribution in [1.82, 2.24) is 10.6 Å². The van der Waals surface area contributed by atoms with Gasteiger partial charge in [-0.15, -0.1) is 0 Å². The quantitative estimate of drug-likeness (QED) is 0.380. The first-order chi connectivity index (χ1) is 11.1. The van der Waals surface area contributed by atoms with Crippen LogP contribution in [-0.2, 0) is 14.3 Å². The van der Waals surface area contributed by atoms with E-state index in [1.807, 2.05) is 6.07 Å². The van der Waals surface area contributed by atoms with Crippen LogP contribution in [0.2, 0.25) is 0 Å². The van der Waals surface area contributed by atoms with Crippen LogP contribution in [0.3, 0.4) is 0 Å². The van der Waals surface area contributed by atoms with Crippen LogP contribution in [0.15, 0.2) is 43.0 Å². The molecule has 0 atom stereocenters. The Balaban J connectivity index is 2.03. The third kappa shape index (κ3) is 8.76. The monoisotopic (exact) mass is 321 g/mol. The number of esters is 1. The van der Waals surface area contributed by atoms with Gasteiger partial charge in [0, 0.05) is 11.8 Å². The fourth-order valence-electron chi connectivity index (χ4n) is 1.42. The van der Waals surface area contributed by atoms with Gasteiger partial charge < -0.3 is 25.4 Å². The number of alkyl carbamates (subject to hydrolysis) is 1. The summed E-state index contributed by atoms with van der Waals surface area (Å²) in [4.78, 5) is 33.5. The lowest BCUT2D eigenvalue weighted by molar-refractivity contribution is -0.137. The molecule has 0 aliphatic carbocycles. The Morgan fingerprint density at radius 1 is 1.00 bits per heavy atom. The van der Waals surface area contributed by atoms with Crippen molar-refractivity contribution in [3.63, 3.8) is 0 Å². The maximum atomic E-state index is 11.5. The number of ether oxygens (including phenoxy) is 2. The van der Waals surface area contributed by atoms with Gasteiger partial charge in [-0.1, -0.05) is 24.8 Å². The summed E-state index contributed by atoms with van der Waals surface area (Å²) in [6.07, 6.45) is 0.370. The summed E-state index contributed by atoms with van der Waals surface area (Å²) in [5.41, 5.74) is 0.665. The zero-order valence-corrected chi connectivity index (χ0v) is 12.5. The van der Waals surface area contributed by atoms with Gasteiger partial charge in [0.15, 0.2) is 0 Å². The zero-order valence-electron chi connectivity index (χ0n) is 12.5. The Morgan fingerprint density at radius 2 is 1.65 bits per heavy atom. The molecule has 0 unspecified atom stereocenters. The second-order valence-electron chi connectivity index (χ2n) is 4.18. The molecule has 124 valence electrons. The molecule has 8 nitrogen and oxygen atoms in total. The van der Waals surface area contributed by atoms with E-state index in [4.69, 9.17) is 4.74 Å². The molecule has 0 bridgehead atoms. The first-order valence-electron chi connectivity index (χ1n) is 6.91. The zero-order chi connectivity index (χ0) is 16.9. The van der Waals surface area contributed by atoms with Crippen LogP contribution in [0.25, 0.3) is 0 Å². The molecule has 0 saturated heterocycles. The van der Waals surface area contributed by atoms with Crippen molar-refractivity contribution in [3.05, 3.63) is 43.0 Å². The molecule has 0 aliphatic rings. The highest BCUT2D eigenvalue weighted by Crippen LogP contribution is 2.03. The number of benzene rings is 1. The van der Waals surface area contributed by atoms with Crippen molar-refractivity contribution >= 4 is 23.8 Å². The van der Waals surface area contributed by atoms with Crippen molar-refractivity contribution in [2.75, 3.05) is 31.6 Å². The standard InChI is InChI=1S/C15H19N3O5/c1-2-13(19)22-10-9-17-15(21)23-11-8-16-14(20)18-12-6-4-3-5-7-12/h2-7H,1,8-11H2,(H,17,21)(H2,16,18,20). The van der Waals surface area contributed by atoms with Crippen LogP contribution in [0.5, 0.6) is 0 Å². The van der Waals surface area contributed by atoms with E-state index >= 15 is 0 Å². The Morgan fingerprint density at radius 3 is 2.35 bits per heavy atom. The summed E-state index contributed by atoms with van der Waals surface area (Å²) in [5.74, 6) is -0.561. The lowest BCUT2D eigenvalue weighted by atomic mass is 10.3. The van der Waals surface area contributed by atoms with E-state index in [0.717, 1.165) is 6.08 Å². The Labute approximate surface area is 133 Å². The molecule has 1 rings (SSSR count). The van der Waals surface area contributed by atoms with Crippen molar-refractivity contribution in [2.24, 2.45) is 0 Å². The lowest BCUT2D eigenvalue weighted by Gasteiger charge is -2.09. The van der Waals surface area contributed by atoms with Gasteiger partial charge in [0.2, 0.25) is 0 Å². The number of amides is 3. The topological polar surface area (TPSA) is 106 Å². The van der Waals surface area contributed by atoms with E-state index in [-0.39, 0.29) is 26.3 Å². The fourth-order valence-corrected chi connectivity index (χ4v) is 1.42. The van der Waals surface area contributed by atoms with Crippen LogP contribution in [0.1, 0.15) is 0 Å². The van der Waals surface area contributed by atoms with E-state index in [2.05, 4.69) is 27.3 Å². The van der Waals surface area contributed by atoms with Crippen molar-refractivity contribution in [3.8, 4) is 0 Å². The number of carbonyl (C=O) groups excluding carboxylic acids is 3. The first-order valence-corrected chi connectivity index (χ1v) is 6.91. The molecule has 1 aromatic carbocycles. The molecular weight excluding hydrogens is 302 g/mol. The predicted molar refractivity (Wildman–Crippen MR) is 84.0 cm³/mol. The van der Waals surface area contributed by atoms with Gasteiger partial charge in [-0.3, -0.25) is 0 Å². The molecule has 3 amide bonds. The summed E-state index contributed by atoms with van der Waals surface area (Å²) in [5, 5.41) is 7.56. The van der Waals surface area contributed by atoms with Gasteiger partial charge in [-0.25, -0.2) is 14.4 Å². The molecule has 0 saturated carbocycles. The average molecular weight is 321 g/mol. The molecule has 0 radical (unpaired) electrons. The van der Waals surface area contributed by atoms with E-state index in [1.165, 1.54) is 0 Å². The van der Waals surface area contributed by atoms with Gasteiger partial charge in [-0.05, 0) is 12.1 Å². The number of anilines is 1. The fraction of sp³-hybridized carbons (Fsp3) is 0.267. The molecule has 0 aliphatic heterocycles. The molecule has 1 aromatic rings. The number of carbonyl (C=O) groups is 3. The maximum absolute atomic E-state index is 11.5. The van der Waals surface area contributed by atoms with E-state index in [1.54, 1.807) is 24.3 Å². The van der Waals surface area contributed by atoms with Gasteiger partial charge in [0.1, 0.15) is 13.2 Å². The van der Waals surface area contributed by atoms with E-state index < -0.39 is 18.1 Å². The van der Waals surface area contributed by atoms with E-state index in [0.29, 0.717) is 5.69 Å². The van der Waals surface area contributed by atoms with Crippen molar-refractivity contribution in [2.45, 2.75) is 0 Å². The molecule has 0 heterocycles. The number of hydrogen-bond donors (Lipinski definition) is 3. The second-order valence-corrected chi connectivity index (χ2v) is 4.18. The van der Waals surface area contributed by atoms with Crippen LogP contribution < -0.4 is 16.0 Å². The summed E-state index contributed by atoms with van der Waals surface area (Å²) in [7, 11) is 0. The summed E-state index contributed by atoms with van der Waals surface area (Å²) < 4.78 is 9.49. The SMILES string of the molecule is C=CC(=O)OCCNC(=O)OCCNC(=O)Nc1ccccc1. The highest BCUT2D eigenvalue weighted by molar-refractivity contribution is 5.89. The Hall–Kier alpha value is -3.03. The summed E-state index contributed by atoms with van der Waals surface area (Å²) in [6.45, 7) is 3.57. The van der Waals surface area contributed by atoms with Crippen LogP contribution >= 0.6 is 0 Å². The summed E-state index contributed by atoms with van der Waals surface area (Å²) >= 11 is 0. The van der Waals surface area contributed by atoms with E-state index in [9.17, 15) is 14.4 Å². The molecule has 3 N–H and O–H groups in total. The Kier molecular flexibility index (Phi) is 8.35. The van der Waals surface area contributed by atoms with Gasteiger partial charge in [0.25, 0.3) is 0 Å². The molecular formula is C15H19N3O5. The first kappa shape index (κ1) is 18.0. The minimum atomic E-state index is -0.662. The number of rotatable bonds is 8. The van der Waals surface area contributed by atoms with Crippen molar-refractivity contribution < 1.29 is 23.9 Å². The lowest BCUT2D eigenvalue weighted by Crippen LogP contribution is -2.34. The number of nitrogens with one attached hydrogen (secondary N) is 3. The third-order valence-corrected chi connectivity index (χ3v) is 2.43. The normalized spacial score (nSPS) is 9.39. The van der Waals surface area contributed by atoms with Gasteiger partial charge in [0.05, 0.1) is 13.1 Å². The predicted octanol–water partition coefficient (Wildman–Crippen LogP) is 1.26. The largest absolute Gasteiger partial charge is 0.461 e. The highest BCUT2D eigenvalue weighted by atomic mass is 16.6. The van der Waals surface area contributed by atoms with Crippen molar-refractivity contribution in [1.29, 1.82) is 0 Å². The maximum Gasteiger partial charge on any atom is 0.407 e. The van der Waals surface area contributed by atoms with Crippen LogP contribution in [0, 0.1) is 0 Å². The average Bonchev–Trinajstić information content (AvgIpc) is 2.56. The second kappa shape index (κ2) is 10.7. The van der Waals surface area contributed by atoms with Crippen LogP contribution in [-0.4, -0.2) is 44.4 Å². The smallest absolute Gasteiger partial charge is 0.407 e. The number of urea groups is 1. The van der Waals surface area contributed by atoms with Gasteiger partial charge in [-0.2, -0.15) is 0 Å². The Bertz CT molecular complexity index is 533. The molecule has 0 fully saturated rings. The molecule has 0 spiro atoms. The molecule has 8 heteroatoms. The third-order valence-electron chi connectivity index (χ3n) is 2.43. The molecule has 23 heavy (non-hydrogen) atoms. The number of hydrogen-bond acceptors (Lipinski definition) is 5. The number of para-hydroxylation sites is 1. The minimum absolute atomic E-state index is 0.0144. The van der Waals surface area contributed by atoms with Crippen LogP contribution in [0.4, 0.5) is 15.3 Å². The summed E-state index contributed by atoms with van der Waals surface area (Å²) in [6, 6.07) is 8.56. The minimum Gasteiger partial charge on any atom is -0.461 e. The molecule has 0 aromatic heterocycles. The highest BCUT2D eigenvalue weighted by Gasteiger charge is 2.04. The van der Waals surface area contributed by atoms with Gasteiger partial charge >= 0.3 is 18.1 Å².